The molecule has 0 radical (unpaired) electrons. The van der Waals surface area contributed by atoms with Gasteiger partial charge in [0.1, 0.15) is 0 Å². The van der Waals surface area contributed by atoms with Crippen LogP contribution in [0.2, 0.25) is 0 Å². The van der Waals surface area contributed by atoms with Crippen LogP contribution < -0.4 is 11.1 Å². The highest BCUT2D eigenvalue weighted by atomic mass is 16.2. The van der Waals surface area contributed by atoms with Crippen molar-refractivity contribution in [2.24, 2.45) is 5.73 Å². The number of nitrogens with two attached hydrogens (primary N) is 1. The molecule has 1 heterocycles. The molecule has 20 heavy (non-hydrogen) atoms. The summed E-state index contributed by atoms with van der Waals surface area (Å²) in [5.74, 6) is -0.0931. The van der Waals surface area contributed by atoms with Crippen molar-refractivity contribution < 1.29 is 4.79 Å². The topological polar surface area (TPSA) is 83.8 Å². The molecule has 0 fully saturated rings. The maximum atomic E-state index is 11.7. The van der Waals surface area contributed by atoms with E-state index in [1.54, 1.807) is 6.20 Å². The number of aromatic amines is 1. The molecule has 0 saturated heterocycles. The Morgan fingerprint density at radius 2 is 2.10 bits per heavy atom. The lowest BCUT2D eigenvalue weighted by atomic mass is 10.1. The van der Waals surface area contributed by atoms with Crippen LogP contribution in [0.5, 0.6) is 0 Å². The van der Waals surface area contributed by atoms with Gasteiger partial charge in [0.05, 0.1) is 11.7 Å². The second kappa shape index (κ2) is 6.86. The van der Waals surface area contributed by atoms with Crippen LogP contribution in [0.1, 0.15) is 25.3 Å². The Labute approximate surface area is 118 Å². The van der Waals surface area contributed by atoms with Crippen LogP contribution in [0, 0.1) is 0 Å². The summed E-state index contributed by atoms with van der Waals surface area (Å²) in [6.07, 6.45) is 3.34. The van der Waals surface area contributed by atoms with Crippen LogP contribution in [0.25, 0.3) is 11.3 Å². The maximum absolute atomic E-state index is 11.7. The van der Waals surface area contributed by atoms with Gasteiger partial charge in [0.2, 0.25) is 5.91 Å². The molecular weight excluding hydrogens is 252 g/mol. The van der Waals surface area contributed by atoms with Crippen molar-refractivity contribution in [3.05, 3.63) is 42.1 Å². The largest absolute Gasteiger partial charge is 0.351 e. The minimum Gasteiger partial charge on any atom is -0.351 e. The fraction of sp³-hybridized carbons (Fsp3) is 0.333. The van der Waals surface area contributed by atoms with Crippen LogP contribution in [0.4, 0.5) is 0 Å². The van der Waals surface area contributed by atoms with Crippen LogP contribution in [-0.4, -0.2) is 22.1 Å². The van der Waals surface area contributed by atoms with Crippen molar-refractivity contribution in [1.29, 1.82) is 0 Å². The summed E-state index contributed by atoms with van der Waals surface area (Å²) in [5, 5.41) is 9.69. The summed E-state index contributed by atoms with van der Waals surface area (Å²) in [4.78, 5) is 11.7. The van der Waals surface area contributed by atoms with Crippen LogP contribution in [0.3, 0.4) is 0 Å². The molecule has 1 atom stereocenters. The first-order chi connectivity index (χ1) is 9.70. The minimum absolute atomic E-state index is 0.0931. The quantitative estimate of drug-likeness (QED) is 0.750. The number of carbonyl (C=O) groups excluding carboxylic acids is 1. The van der Waals surface area contributed by atoms with E-state index in [0.717, 1.165) is 23.2 Å². The maximum Gasteiger partial charge on any atom is 0.237 e. The monoisotopic (exact) mass is 272 g/mol. The van der Waals surface area contributed by atoms with E-state index >= 15 is 0 Å². The number of amides is 1. The van der Waals surface area contributed by atoms with Gasteiger partial charge in [-0.05, 0) is 23.6 Å². The van der Waals surface area contributed by atoms with Crippen molar-refractivity contribution in [3.8, 4) is 11.3 Å². The fourth-order valence-electron chi connectivity index (χ4n) is 1.98. The molecular formula is C15H20N4O. The highest BCUT2D eigenvalue weighted by molar-refractivity contribution is 5.81. The third-order valence-electron chi connectivity index (χ3n) is 3.17. The molecule has 5 heteroatoms. The molecule has 0 aliphatic carbocycles. The number of carbonyl (C=O) groups is 1. The van der Waals surface area contributed by atoms with Gasteiger partial charge in [-0.2, -0.15) is 5.10 Å². The van der Waals surface area contributed by atoms with Crippen molar-refractivity contribution >= 4 is 5.91 Å². The van der Waals surface area contributed by atoms with E-state index in [1.165, 1.54) is 0 Å². The molecule has 1 amide bonds. The third kappa shape index (κ3) is 3.68. The van der Waals surface area contributed by atoms with Crippen molar-refractivity contribution in [1.82, 2.24) is 15.5 Å². The number of aromatic nitrogens is 2. The number of hydrogen-bond acceptors (Lipinski definition) is 3. The number of hydrogen-bond donors (Lipinski definition) is 3. The smallest absolute Gasteiger partial charge is 0.237 e. The molecule has 0 aliphatic rings. The van der Waals surface area contributed by atoms with E-state index in [1.807, 2.05) is 37.3 Å². The zero-order chi connectivity index (χ0) is 14.4. The number of rotatable bonds is 6. The molecule has 0 unspecified atom stereocenters. The lowest BCUT2D eigenvalue weighted by molar-refractivity contribution is -0.122. The standard InChI is InChI=1S/C15H20N4O/c1-2-3-13(16)15(20)17-10-11-4-6-12(7-5-11)14-8-9-18-19-14/h4-9,13H,2-3,10,16H2,1H3,(H,17,20)(H,18,19)/t13-/m1/s1. The Morgan fingerprint density at radius 1 is 1.35 bits per heavy atom. The molecule has 1 aromatic heterocycles. The Hall–Kier alpha value is -2.14. The SMILES string of the molecule is CCC[C@@H](N)C(=O)NCc1ccc(-c2ccn[nH]2)cc1. The van der Waals surface area contributed by atoms with Crippen molar-refractivity contribution in [2.75, 3.05) is 0 Å². The number of H-pyrrole nitrogens is 1. The average molecular weight is 272 g/mol. The summed E-state index contributed by atoms with van der Waals surface area (Å²) in [6.45, 7) is 2.51. The summed E-state index contributed by atoms with van der Waals surface area (Å²) < 4.78 is 0. The van der Waals surface area contributed by atoms with E-state index in [0.29, 0.717) is 13.0 Å². The Bertz CT molecular complexity index is 534. The lowest BCUT2D eigenvalue weighted by Gasteiger charge is -2.11. The molecule has 4 N–H and O–H groups in total. The van der Waals surface area contributed by atoms with Gasteiger partial charge in [0.15, 0.2) is 0 Å². The van der Waals surface area contributed by atoms with Gasteiger partial charge < -0.3 is 11.1 Å². The molecule has 1 aromatic carbocycles. The molecule has 0 spiro atoms. The average Bonchev–Trinajstić information content (AvgIpc) is 2.99. The second-order valence-corrected chi connectivity index (χ2v) is 4.78. The normalized spacial score (nSPS) is 12.1. The second-order valence-electron chi connectivity index (χ2n) is 4.78. The summed E-state index contributed by atoms with van der Waals surface area (Å²) in [5.41, 5.74) is 8.85. The molecule has 106 valence electrons. The van der Waals surface area contributed by atoms with Crippen LogP contribution in [0.15, 0.2) is 36.5 Å². The highest BCUT2D eigenvalue weighted by Gasteiger charge is 2.11. The van der Waals surface area contributed by atoms with Gasteiger partial charge in [-0.1, -0.05) is 37.6 Å². The Kier molecular flexibility index (Phi) is 4.90. The predicted molar refractivity (Wildman–Crippen MR) is 78.8 cm³/mol. The predicted octanol–water partition coefficient (Wildman–Crippen LogP) is 1.82. The molecule has 2 aromatic rings. The first kappa shape index (κ1) is 14.3. The van der Waals surface area contributed by atoms with E-state index < -0.39 is 6.04 Å². The fourth-order valence-corrected chi connectivity index (χ4v) is 1.98. The molecule has 5 nitrogen and oxygen atoms in total. The van der Waals surface area contributed by atoms with Crippen molar-refractivity contribution in [3.63, 3.8) is 0 Å². The van der Waals surface area contributed by atoms with Crippen molar-refractivity contribution in [2.45, 2.75) is 32.4 Å². The van der Waals surface area contributed by atoms with Gasteiger partial charge in [-0.15, -0.1) is 0 Å². The zero-order valence-corrected chi connectivity index (χ0v) is 11.6. The third-order valence-corrected chi connectivity index (χ3v) is 3.17. The Balaban J connectivity index is 1.90. The van der Waals surface area contributed by atoms with Gasteiger partial charge in [0.25, 0.3) is 0 Å². The lowest BCUT2D eigenvalue weighted by Crippen LogP contribution is -2.40. The van der Waals surface area contributed by atoms with E-state index in [9.17, 15) is 4.79 Å². The van der Waals surface area contributed by atoms with Gasteiger partial charge in [-0.3, -0.25) is 9.89 Å². The first-order valence-corrected chi connectivity index (χ1v) is 6.82. The molecule has 0 bridgehead atoms. The number of nitrogens with zero attached hydrogens (tertiary/aromatic N) is 1. The number of nitrogens with one attached hydrogen (secondary N) is 2. The first-order valence-electron chi connectivity index (χ1n) is 6.82. The van der Waals surface area contributed by atoms with Crippen LogP contribution >= 0.6 is 0 Å². The Morgan fingerprint density at radius 3 is 2.70 bits per heavy atom. The number of benzene rings is 1. The summed E-state index contributed by atoms with van der Waals surface area (Å²) in [6, 6.07) is 9.48. The van der Waals surface area contributed by atoms with Crippen LogP contribution in [-0.2, 0) is 11.3 Å². The zero-order valence-electron chi connectivity index (χ0n) is 11.6. The van der Waals surface area contributed by atoms with Gasteiger partial charge >= 0.3 is 0 Å². The van der Waals surface area contributed by atoms with Gasteiger partial charge in [0, 0.05) is 12.7 Å². The van der Waals surface area contributed by atoms with E-state index in [2.05, 4.69) is 15.5 Å². The molecule has 0 aliphatic heterocycles. The summed E-state index contributed by atoms with van der Waals surface area (Å²) in [7, 11) is 0. The highest BCUT2D eigenvalue weighted by Crippen LogP contribution is 2.16. The minimum atomic E-state index is -0.413. The summed E-state index contributed by atoms with van der Waals surface area (Å²) >= 11 is 0. The van der Waals surface area contributed by atoms with Gasteiger partial charge in [-0.25, -0.2) is 0 Å². The van der Waals surface area contributed by atoms with E-state index in [-0.39, 0.29) is 5.91 Å². The van der Waals surface area contributed by atoms with E-state index in [4.69, 9.17) is 5.73 Å². The molecule has 0 saturated carbocycles. The molecule has 2 rings (SSSR count).